The predicted molar refractivity (Wildman–Crippen MR) is 72.0 cm³/mol. The van der Waals surface area contributed by atoms with Crippen molar-refractivity contribution < 1.29 is 4.79 Å². The number of hydrogen-bond acceptors (Lipinski definition) is 3. The lowest BCUT2D eigenvalue weighted by Gasteiger charge is -2.21. The fourth-order valence-electron chi connectivity index (χ4n) is 2.49. The maximum Gasteiger partial charge on any atom is 0.244 e. The van der Waals surface area contributed by atoms with Gasteiger partial charge in [-0.3, -0.25) is 4.79 Å². The third-order valence-electron chi connectivity index (χ3n) is 3.52. The van der Waals surface area contributed by atoms with Gasteiger partial charge in [-0.1, -0.05) is 30.3 Å². The molecule has 1 aromatic carbocycles. The van der Waals surface area contributed by atoms with Crippen LogP contribution >= 0.6 is 0 Å². The van der Waals surface area contributed by atoms with Gasteiger partial charge < -0.3 is 16.0 Å². The molecule has 0 spiro atoms. The Morgan fingerprint density at radius 1 is 1.50 bits per heavy atom. The van der Waals surface area contributed by atoms with Gasteiger partial charge in [-0.25, -0.2) is 0 Å². The minimum atomic E-state index is -0.528. The molecule has 3 N–H and O–H groups in total. The average molecular weight is 247 g/mol. The van der Waals surface area contributed by atoms with E-state index in [4.69, 9.17) is 5.73 Å². The molecule has 0 unspecified atom stereocenters. The minimum Gasteiger partial charge on any atom is -0.341 e. The van der Waals surface area contributed by atoms with Crippen LogP contribution in [0.1, 0.15) is 18.0 Å². The highest BCUT2D eigenvalue weighted by molar-refractivity contribution is 5.83. The summed E-state index contributed by atoms with van der Waals surface area (Å²) >= 11 is 0. The Morgan fingerprint density at radius 3 is 2.89 bits per heavy atom. The van der Waals surface area contributed by atoms with Crippen LogP contribution in [0.15, 0.2) is 30.3 Å². The first-order chi connectivity index (χ1) is 8.72. The second-order valence-corrected chi connectivity index (χ2v) is 4.88. The fourth-order valence-corrected chi connectivity index (χ4v) is 2.49. The molecule has 0 radical (unpaired) electrons. The summed E-state index contributed by atoms with van der Waals surface area (Å²) in [6, 6.07) is 9.04. The highest BCUT2D eigenvalue weighted by Gasteiger charge is 2.29. The summed E-state index contributed by atoms with van der Waals surface area (Å²) in [5, 5.41) is 3.16. The second-order valence-electron chi connectivity index (χ2n) is 4.88. The number of nitrogens with two attached hydrogens (primary N) is 1. The maximum absolute atomic E-state index is 12.3. The zero-order chi connectivity index (χ0) is 13.0. The van der Waals surface area contributed by atoms with Gasteiger partial charge in [0.05, 0.1) is 0 Å². The van der Waals surface area contributed by atoms with Crippen LogP contribution in [-0.2, 0) is 4.79 Å². The molecule has 1 aliphatic heterocycles. The molecule has 2 atom stereocenters. The van der Waals surface area contributed by atoms with Crippen molar-refractivity contribution in [2.45, 2.75) is 12.5 Å². The number of nitrogens with one attached hydrogen (secondary N) is 1. The first-order valence-corrected chi connectivity index (χ1v) is 6.46. The Kier molecular flexibility index (Phi) is 4.33. The van der Waals surface area contributed by atoms with Crippen molar-refractivity contribution in [3.63, 3.8) is 0 Å². The van der Waals surface area contributed by atoms with Crippen LogP contribution in [0.4, 0.5) is 0 Å². The number of nitrogens with zero attached hydrogens (tertiary/aromatic N) is 1. The summed E-state index contributed by atoms with van der Waals surface area (Å²) in [7, 11) is 1.94. The molecule has 0 bridgehead atoms. The van der Waals surface area contributed by atoms with E-state index in [2.05, 4.69) is 5.32 Å². The Labute approximate surface area is 108 Å². The van der Waals surface area contributed by atoms with Gasteiger partial charge in [-0.05, 0) is 31.5 Å². The van der Waals surface area contributed by atoms with E-state index >= 15 is 0 Å². The first-order valence-electron chi connectivity index (χ1n) is 6.46. The standard InChI is InChI=1S/C14H21N3O/c1-16-9-11-7-8-17(10-11)14(18)13(15)12-5-3-2-4-6-12/h2-6,11,13,16H,7-10,15H2,1H3/t11-,13-/m1/s1. The van der Waals surface area contributed by atoms with E-state index in [-0.39, 0.29) is 5.91 Å². The van der Waals surface area contributed by atoms with Crippen LogP contribution in [0, 0.1) is 5.92 Å². The minimum absolute atomic E-state index is 0.0415. The number of hydrogen-bond donors (Lipinski definition) is 2. The summed E-state index contributed by atoms with van der Waals surface area (Å²) in [5.74, 6) is 0.599. The molecule has 0 saturated carbocycles. The fraction of sp³-hybridized carbons (Fsp3) is 0.500. The van der Waals surface area contributed by atoms with Crippen molar-refractivity contribution in [1.29, 1.82) is 0 Å². The Bertz CT molecular complexity index is 393. The van der Waals surface area contributed by atoms with E-state index in [9.17, 15) is 4.79 Å². The molecule has 1 aliphatic rings. The van der Waals surface area contributed by atoms with Crippen LogP contribution < -0.4 is 11.1 Å². The molecule has 0 aromatic heterocycles. The maximum atomic E-state index is 12.3. The topological polar surface area (TPSA) is 58.4 Å². The third-order valence-corrected chi connectivity index (χ3v) is 3.52. The average Bonchev–Trinajstić information content (AvgIpc) is 2.87. The summed E-state index contributed by atoms with van der Waals surface area (Å²) in [4.78, 5) is 14.2. The van der Waals surface area contributed by atoms with Gasteiger partial charge in [0.15, 0.2) is 0 Å². The zero-order valence-corrected chi connectivity index (χ0v) is 10.8. The van der Waals surface area contributed by atoms with Crippen LogP contribution in [0.5, 0.6) is 0 Å². The number of likely N-dealkylation sites (tertiary alicyclic amines) is 1. The lowest BCUT2D eigenvalue weighted by atomic mass is 10.1. The van der Waals surface area contributed by atoms with E-state index in [0.29, 0.717) is 5.92 Å². The van der Waals surface area contributed by atoms with Crippen molar-refractivity contribution >= 4 is 5.91 Å². The smallest absolute Gasteiger partial charge is 0.244 e. The van der Waals surface area contributed by atoms with Gasteiger partial charge in [0.2, 0.25) is 5.91 Å². The molecular formula is C14H21N3O. The molecule has 1 saturated heterocycles. The van der Waals surface area contributed by atoms with Gasteiger partial charge in [0.1, 0.15) is 6.04 Å². The first kappa shape index (κ1) is 13.1. The molecule has 1 aromatic rings. The number of rotatable bonds is 4. The molecule has 0 aliphatic carbocycles. The number of benzene rings is 1. The highest BCUT2D eigenvalue weighted by atomic mass is 16.2. The molecule has 1 heterocycles. The van der Waals surface area contributed by atoms with Crippen molar-refractivity contribution in [2.24, 2.45) is 11.7 Å². The van der Waals surface area contributed by atoms with Crippen molar-refractivity contribution in [3.05, 3.63) is 35.9 Å². The quantitative estimate of drug-likeness (QED) is 0.825. The van der Waals surface area contributed by atoms with Crippen LogP contribution in [0.2, 0.25) is 0 Å². The van der Waals surface area contributed by atoms with Gasteiger partial charge in [0.25, 0.3) is 0 Å². The molecule has 4 heteroatoms. The molecule has 18 heavy (non-hydrogen) atoms. The lowest BCUT2D eigenvalue weighted by Crippen LogP contribution is -2.37. The Morgan fingerprint density at radius 2 is 2.22 bits per heavy atom. The SMILES string of the molecule is CNC[C@H]1CCN(C(=O)[C@H](N)c2ccccc2)C1. The summed E-state index contributed by atoms with van der Waals surface area (Å²) in [5.41, 5.74) is 6.92. The molecule has 1 amide bonds. The predicted octanol–water partition coefficient (Wildman–Crippen LogP) is 0.754. The molecule has 98 valence electrons. The van der Waals surface area contributed by atoms with Gasteiger partial charge in [-0.2, -0.15) is 0 Å². The second kappa shape index (κ2) is 5.98. The van der Waals surface area contributed by atoms with Gasteiger partial charge >= 0.3 is 0 Å². The number of carbonyl (C=O) groups excluding carboxylic acids is 1. The molecular weight excluding hydrogens is 226 g/mol. The number of amides is 1. The Hall–Kier alpha value is -1.39. The van der Waals surface area contributed by atoms with E-state index in [0.717, 1.165) is 31.6 Å². The zero-order valence-electron chi connectivity index (χ0n) is 10.8. The van der Waals surface area contributed by atoms with E-state index in [1.54, 1.807) is 0 Å². The van der Waals surface area contributed by atoms with Gasteiger partial charge in [-0.15, -0.1) is 0 Å². The van der Waals surface area contributed by atoms with Crippen molar-refractivity contribution in [2.75, 3.05) is 26.7 Å². The molecule has 1 fully saturated rings. The lowest BCUT2D eigenvalue weighted by molar-refractivity contribution is -0.131. The van der Waals surface area contributed by atoms with Crippen LogP contribution in [-0.4, -0.2) is 37.5 Å². The van der Waals surface area contributed by atoms with Crippen LogP contribution in [0.3, 0.4) is 0 Å². The summed E-state index contributed by atoms with van der Waals surface area (Å²) < 4.78 is 0. The van der Waals surface area contributed by atoms with Gasteiger partial charge in [0, 0.05) is 13.1 Å². The van der Waals surface area contributed by atoms with Crippen molar-refractivity contribution in [3.8, 4) is 0 Å². The van der Waals surface area contributed by atoms with Crippen LogP contribution in [0.25, 0.3) is 0 Å². The van der Waals surface area contributed by atoms with E-state index in [1.165, 1.54) is 0 Å². The highest BCUT2D eigenvalue weighted by Crippen LogP contribution is 2.20. The third kappa shape index (κ3) is 2.89. The van der Waals surface area contributed by atoms with Crippen molar-refractivity contribution in [1.82, 2.24) is 10.2 Å². The normalized spacial score (nSPS) is 21.0. The largest absolute Gasteiger partial charge is 0.341 e. The summed E-state index contributed by atoms with van der Waals surface area (Å²) in [6.45, 7) is 2.61. The van der Waals surface area contributed by atoms with E-state index < -0.39 is 6.04 Å². The Balaban J connectivity index is 1.96. The monoisotopic (exact) mass is 247 g/mol. The molecule has 4 nitrogen and oxygen atoms in total. The molecule has 2 rings (SSSR count). The van der Waals surface area contributed by atoms with E-state index in [1.807, 2.05) is 42.3 Å². The summed E-state index contributed by atoms with van der Waals surface area (Å²) in [6.07, 6.45) is 1.06. The number of carbonyl (C=O) groups is 1.